The number of para-hydroxylation sites is 1. The minimum atomic E-state index is -0.490. The molecule has 2 aromatic rings. The van der Waals surface area contributed by atoms with Crippen molar-refractivity contribution in [3.05, 3.63) is 30.5 Å². The summed E-state index contributed by atoms with van der Waals surface area (Å²) >= 11 is 0. The number of hydrogen-bond acceptors (Lipinski definition) is 5. The van der Waals surface area contributed by atoms with Crippen LogP contribution in [0.25, 0.3) is 10.9 Å². The zero-order valence-corrected chi connectivity index (χ0v) is 13.1. The van der Waals surface area contributed by atoms with E-state index in [1.54, 1.807) is 6.20 Å². The number of fused-ring (bicyclic) bond motifs is 1. The molecule has 0 aliphatic heterocycles. The van der Waals surface area contributed by atoms with Crippen LogP contribution in [0.1, 0.15) is 20.8 Å². The van der Waals surface area contributed by atoms with Crippen molar-refractivity contribution >= 4 is 28.4 Å². The third-order valence-electron chi connectivity index (χ3n) is 2.91. The van der Waals surface area contributed by atoms with Gasteiger partial charge in [-0.15, -0.1) is 0 Å². The van der Waals surface area contributed by atoms with Crippen LogP contribution in [-0.4, -0.2) is 29.8 Å². The fraction of sp³-hybridized carbons (Fsp3) is 0.375. The normalized spacial score (nSPS) is 11.2. The number of nitrogen functional groups attached to an aromatic ring is 1. The van der Waals surface area contributed by atoms with Crippen molar-refractivity contribution in [2.24, 2.45) is 0 Å². The van der Waals surface area contributed by atoms with E-state index in [1.807, 2.05) is 45.0 Å². The van der Waals surface area contributed by atoms with Gasteiger partial charge in [-0.25, -0.2) is 4.79 Å². The van der Waals surface area contributed by atoms with Gasteiger partial charge in [0.05, 0.1) is 11.2 Å². The van der Waals surface area contributed by atoms with Crippen LogP contribution in [0.3, 0.4) is 0 Å². The van der Waals surface area contributed by atoms with Gasteiger partial charge in [0.25, 0.3) is 0 Å². The first kappa shape index (κ1) is 15.9. The molecule has 1 aromatic carbocycles. The minimum absolute atomic E-state index is 0.418. The van der Waals surface area contributed by atoms with Crippen molar-refractivity contribution in [3.8, 4) is 0 Å². The Balaban J connectivity index is 1.91. The van der Waals surface area contributed by atoms with Gasteiger partial charge >= 0.3 is 6.09 Å². The lowest BCUT2D eigenvalue weighted by Gasteiger charge is -2.19. The summed E-state index contributed by atoms with van der Waals surface area (Å²) in [6, 6.07) is 7.56. The van der Waals surface area contributed by atoms with Crippen molar-refractivity contribution in [2.75, 3.05) is 24.1 Å². The number of carbonyl (C=O) groups is 1. The zero-order valence-electron chi connectivity index (χ0n) is 13.1. The average molecular weight is 302 g/mol. The van der Waals surface area contributed by atoms with E-state index in [0.29, 0.717) is 18.8 Å². The van der Waals surface area contributed by atoms with Gasteiger partial charge in [-0.1, -0.05) is 12.1 Å². The van der Waals surface area contributed by atoms with Gasteiger partial charge in [-0.3, -0.25) is 4.98 Å². The summed E-state index contributed by atoms with van der Waals surface area (Å²) in [4.78, 5) is 15.8. The molecule has 1 heterocycles. The standard InChI is InChI=1S/C16H22N4O2/c1-16(2,3)22-15(21)20-10-9-18-13-7-8-19-14-11(13)5-4-6-12(14)17/h4-8H,9-10,17H2,1-3H3,(H,18,19)(H,20,21). The van der Waals surface area contributed by atoms with Gasteiger partial charge < -0.3 is 21.1 Å². The molecule has 0 saturated heterocycles. The highest BCUT2D eigenvalue weighted by molar-refractivity contribution is 5.97. The molecule has 0 saturated carbocycles. The summed E-state index contributed by atoms with van der Waals surface area (Å²) in [5.41, 5.74) is 7.78. The molecule has 118 valence electrons. The fourth-order valence-corrected chi connectivity index (χ4v) is 2.03. The third kappa shape index (κ3) is 4.25. The minimum Gasteiger partial charge on any atom is -0.444 e. The SMILES string of the molecule is CC(C)(C)OC(=O)NCCNc1ccnc2c(N)cccc12. The van der Waals surface area contributed by atoms with Gasteiger partial charge in [0.2, 0.25) is 0 Å². The van der Waals surface area contributed by atoms with E-state index in [9.17, 15) is 4.79 Å². The first-order valence-corrected chi connectivity index (χ1v) is 7.21. The molecule has 0 aliphatic carbocycles. The summed E-state index contributed by atoms with van der Waals surface area (Å²) in [5, 5.41) is 6.93. The van der Waals surface area contributed by atoms with Gasteiger partial charge in [-0.05, 0) is 32.9 Å². The van der Waals surface area contributed by atoms with Crippen LogP contribution in [0.4, 0.5) is 16.2 Å². The molecule has 0 fully saturated rings. The van der Waals surface area contributed by atoms with Crippen LogP contribution >= 0.6 is 0 Å². The van der Waals surface area contributed by atoms with Crippen molar-refractivity contribution in [3.63, 3.8) is 0 Å². The van der Waals surface area contributed by atoms with Crippen molar-refractivity contribution in [2.45, 2.75) is 26.4 Å². The number of nitrogens with zero attached hydrogens (tertiary/aromatic N) is 1. The van der Waals surface area contributed by atoms with Gasteiger partial charge in [-0.2, -0.15) is 0 Å². The van der Waals surface area contributed by atoms with Gasteiger partial charge in [0.1, 0.15) is 5.60 Å². The van der Waals surface area contributed by atoms with Crippen LogP contribution in [0.2, 0.25) is 0 Å². The predicted octanol–water partition coefficient (Wildman–Crippen LogP) is 2.75. The zero-order chi connectivity index (χ0) is 16.2. The molecule has 1 amide bonds. The number of carbonyl (C=O) groups excluding carboxylic acids is 1. The topological polar surface area (TPSA) is 89.3 Å². The average Bonchev–Trinajstić information content (AvgIpc) is 2.42. The molecule has 0 unspecified atom stereocenters. The first-order chi connectivity index (χ1) is 10.4. The Morgan fingerprint density at radius 2 is 2.05 bits per heavy atom. The van der Waals surface area contributed by atoms with E-state index < -0.39 is 11.7 Å². The summed E-state index contributed by atoms with van der Waals surface area (Å²) < 4.78 is 5.17. The van der Waals surface area contributed by atoms with Crippen LogP contribution in [0.5, 0.6) is 0 Å². The molecule has 4 N–H and O–H groups in total. The second-order valence-electron chi connectivity index (χ2n) is 5.96. The number of anilines is 2. The Morgan fingerprint density at radius 3 is 2.77 bits per heavy atom. The highest BCUT2D eigenvalue weighted by atomic mass is 16.6. The monoisotopic (exact) mass is 302 g/mol. The number of pyridine rings is 1. The first-order valence-electron chi connectivity index (χ1n) is 7.21. The highest BCUT2D eigenvalue weighted by Gasteiger charge is 2.15. The molecule has 22 heavy (non-hydrogen) atoms. The molecule has 0 atom stereocenters. The van der Waals surface area contributed by atoms with E-state index in [-0.39, 0.29) is 0 Å². The third-order valence-corrected chi connectivity index (χ3v) is 2.91. The molecular weight excluding hydrogens is 280 g/mol. The van der Waals surface area contributed by atoms with E-state index in [2.05, 4.69) is 15.6 Å². The van der Waals surface area contributed by atoms with Crippen LogP contribution in [0, 0.1) is 0 Å². The van der Waals surface area contributed by atoms with E-state index >= 15 is 0 Å². The number of aromatic nitrogens is 1. The molecule has 6 nitrogen and oxygen atoms in total. The lowest BCUT2D eigenvalue weighted by molar-refractivity contribution is 0.0530. The van der Waals surface area contributed by atoms with Crippen molar-refractivity contribution in [1.29, 1.82) is 0 Å². The molecule has 0 bridgehead atoms. The van der Waals surface area contributed by atoms with Crippen molar-refractivity contribution in [1.82, 2.24) is 10.3 Å². The fourth-order valence-electron chi connectivity index (χ4n) is 2.03. The summed E-state index contributed by atoms with van der Waals surface area (Å²) in [6.45, 7) is 6.53. The Hall–Kier alpha value is -2.50. The van der Waals surface area contributed by atoms with Gasteiger partial charge in [0, 0.05) is 30.4 Å². The number of alkyl carbamates (subject to hydrolysis) is 1. The molecule has 6 heteroatoms. The molecule has 0 aliphatic rings. The van der Waals surface area contributed by atoms with Crippen molar-refractivity contribution < 1.29 is 9.53 Å². The predicted molar refractivity (Wildman–Crippen MR) is 88.9 cm³/mol. The van der Waals surface area contributed by atoms with Crippen LogP contribution < -0.4 is 16.4 Å². The lowest BCUT2D eigenvalue weighted by atomic mass is 10.1. The van der Waals surface area contributed by atoms with E-state index in [1.165, 1.54) is 0 Å². The molecule has 0 radical (unpaired) electrons. The number of hydrogen-bond donors (Lipinski definition) is 3. The second kappa shape index (κ2) is 6.51. The smallest absolute Gasteiger partial charge is 0.407 e. The maximum Gasteiger partial charge on any atom is 0.407 e. The Bertz CT molecular complexity index is 665. The Kier molecular flexibility index (Phi) is 4.70. The molecular formula is C16H22N4O2. The molecule has 2 rings (SSSR count). The van der Waals surface area contributed by atoms with Gasteiger partial charge in [0.15, 0.2) is 0 Å². The largest absolute Gasteiger partial charge is 0.444 e. The highest BCUT2D eigenvalue weighted by Crippen LogP contribution is 2.25. The number of benzene rings is 1. The maximum atomic E-state index is 11.5. The number of amides is 1. The number of rotatable bonds is 4. The second-order valence-corrected chi connectivity index (χ2v) is 5.96. The van der Waals surface area contributed by atoms with Crippen LogP contribution in [0.15, 0.2) is 30.5 Å². The number of ether oxygens (including phenoxy) is 1. The number of nitrogens with one attached hydrogen (secondary N) is 2. The maximum absolute atomic E-state index is 11.5. The number of nitrogens with two attached hydrogens (primary N) is 1. The quantitative estimate of drug-likeness (QED) is 0.597. The summed E-state index contributed by atoms with van der Waals surface area (Å²) in [5.74, 6) is 0. The lowest BCUT2D eigenvalue weighted by Crippen LogP contribution is -2.35. The van der Waals surface area contributed by atoms with E-state index in [0.717, 1.165) is 16.6 Å². The summed E-state index contributed by atoms with van der Waals surface area (Å²) in [7, 11) is 0. The van der Waals surface area contributed by atoms with Crippen LogP contribution in [-0.2, 0) is 4.74 Å². The Morgan fingerprint density at radius 1 is 1.27 bits per heavy atom. The van der Waals surface area contributed by atoms with E-state index in [4.69, 9.17) is 10.5 Å². The summed E-state index contributed by atoms with van der Waals surface area (Å²) in [6.07, 6.45) is 1.29. The Labute approximate surface area is 130 Å². The molecule has 1 aromatic heterocycles. The molecule has 0 spiro atoms.